The third kappa shape index (κ3) is 3.68. The van der Waals surface area contributed by atoms with Crippen LogP contribution in [0.15, 0.2) is 24.3 Å². The van der Waals surface area contributed by atoms with E-state index in [0.29, 0.717) is 12.0 Å². The topological polar surface area (TPSA) is 17.1 Å². The Hall–Kier alpha value is -0.220. The number of ketones is 1. The molecule has 0 aliphatic carbocycles. The highest BCUT2D eigenvalue weighted by molar-refractivity contribution is 9.09. The monoisotopic (exact) mass is 336 g/mol. The van der Waals surface area contributed by atoms with Crippen molar-refractivity contribution in [2.45, 2.75) is 17.7 Å². The maximum absolute atomic E-state index is 13.3. The summed E-state index contributed by atoms with van der Waals surface area (Å²) in [5, 5.41) is 0.787. The molecule has 0 aromatic heterocycles. The van der Waals surface area contributed by atoms with Crippen LogP contribution in [0.5, 0.6) is 0 Å². The van der Waals surface area contributed by atoms with Gasteiger partial charge in [-0.2, -0.15) is 0 Å². The first kappa shape index (κ1) is 12.8. The molecule has 0 aliphatic rings. The highest BCUT2D eigenvalue weighted by Gasteiger charge is 2.19. The van der Waals surface area contributed by atoms with E-state index < -0.39 is 4.83 Å². The van der Waals surface area contributed by atoms with Gasteiger partial charge in [-0.05, 0) is 12.5 Å². The molecule has 0 fully saturated rings. The molecule has 82 valence electrons. The molecule has 0 radical (unpaired) electrons. The van der Waals surface area contributed by atoms with Crippen LogP contribution in [-0.4, -0.2) is 11.1 Å². The lowest BCUT2D eigenvalue weighted by Gasteiger charge is -2.09. The highest BCUT2D eigenvalue weighted by atomic mass is 79.9. The molecule has 0 amide bonds. The van der Waals surface area contributed by atoms with Crippen LogP contribution >= 0.6 is 31.9 Å². The second-order valence-electron chi connectivity index (χ2n) is 3.14. The summed E-state index contributed by atoms with van der Waals surface area (Å²) in [5.74, 6) is -0.328. The number of rotatable bonds is 5. The highest BCUT2D eigenvalue weighted by Crippen LogP contribution is 2.27. The summed E-state index contributed by atoms with van der Waals surface area (Å²) < 4.78 is 13.3. The number of hydrogen-bond acceptors (Lipinski definition) is 1. The van der Waals surface area contributed by atoms with Gasteiger partial charge in [0.1, 0.15) is 10.6 Å². The van der Waals surface area contributed by atoms with Gasteiger partial charge in [0.15, 0.2) is 5.78 Å². The standard InChI is InChI=1S/C11H11Br2FO/c12-7-3-6-10(15)11(13)8-4-1-2-5-9(8)14/h1-2,4-5,11H,3,6-7H2. The Morgan fingerprint density at radius 1 is 1.40 bits per heavy atom. The summed E-state index contributed by atoms with van der Waals surface area (Å²) in [6, 6.07) is 6.33. The van der Waals surface area contributed by atoms with Crippen molar-refractivity contribution in [3.63, 3.8) is 0 Å². The van der Waals surface area contributed by atoms with Crippen molar-refractivity contribution in [1.29, 1.82) is 0 Å². The Morgan fingerprint density at radius 2 is 2.07 bits per heavy atom. The molecule has 1 aromatic rings. The molecule has 0 aliphatic heterocycles. The van der Waals surface area contributed by atoms with Gasteiger partial charge < -0.3 is 0 Å². The lowest BCUT2D eigenvalue weighted by atomic mass is 10.1. The number of halogens is 3. The number of Topliss-reactive ketones (excluding diaryl/α,β-unsaturated/α-hetero) is 1. The van der Waals surface area contributed by atoms with E-state index in [1.54, 1.807) is 18.2 Å². The van der Waals surface area contributed by atoms with Crippen molar-refractivity contribution in [3.05, 3.63) is 35.6 Å². The molecular formula is C11H11Br2FO. The van der Waals surface area contributed by atoms with Crippen molar-refractivity contribution in [3.8, 4) is 0 Å². The van der Waals surface area contributed by atoms with Crippen LogP contribution in [0.2, 0.25) is 0 Å². The van der Waals surface area contributed by atoms with Gasteiger partial charge in [-0.15, -0.1) is 0 Å². The van der Waals surface area contributed by atoms with Crippen LogP contribution in [0.1, 0.15) is 23.2 Å². The second-order valence-corrected chi connectivity index (χ2v) is 4.85. The minimum atomic E-state index is -0.530. The van der Waals surface area contributed by atoms with Crippen molar-refractivity contribution in [2.75, 3.05) is 5.33 Å². The quantitative estimate of drug-likeness (QED) is 0.742. The summed E-state index contributed by atoms with van der Waals surface area (Å²) in [4.78, 5) is 11.1. The number of hydrogen-bond donors (Lipinski definition) is 0. The molecule has 15 heavy (non-hydrogen) atoms. The minimum absolute atomic E-state index is 0.0135. The van der Waals surface area contributed by atoms with E-state index in [1.165, 1.54) is 6.07 Å². The summed E-state index contributed by atoms with van der Waals surface area (Å²) >= 11 is 6.48. The van der Waals surface area contributed by atoms with Crippen LogP contribution in [0.25, 0.3) is 0 Å². The van der Waals surface area contributed by atoms with Crippen molar-refractivity contribution in [2.24, 2.45) is 0 Å². The maximum Gasteiger partial charge on any atom is 0.151 e. The van der Waals surface area contributed by atoms with Gasteiger partial charge in [0.25, 0.3) is 0 Å². The van der Waals surface area contributed by atoms with E-state index in [2.05, 4.69) is 31.9 Å². The minimum Gasteiger partial charge on any atom is -0.298 e. The third-order valence-corrected chi connectivity index (χ3v) is 3.58. The van der Waals surface area contributed by atoms with Crippen LogP contribution in [0.3, 0.4) is 0 Å². The first-order valence-electron chi connectivity index (χ1n) is 4.64. The van der Waals surface area contributed by atoms with E-state index in [-0.39, 0.29) is 11.6 Å². The molecule has 0 N–H and O–H groups in total. The van der Waals surface area contributed by atoms with Crippen LogP contribution in [0, 0.1) is 5.82 Å². The summed E-state index contributed by atoms with van der Waals surface area (Å²) in [6.07, 6.45) is 1.23. The normalized spacial score (nSPS) is 12.5. The Kier molecular flexibility index (Phi) is 5.47. The van der Waals surface area contributed by atoms with Crippen LogP contribution in [-0.2, 0) is 4.79 Å². The van der Waals surface area contributed by atoms with Gasteiger partial charge in [0, 0.05) is 17.3 Å². The zero-order chi connectivity index (χ0) is 11.3. The van der Waals surface area contributed by atoms with E-state index in [1.807, 2.05) is 0 Å². The molecule has 1 aromatic carbocycles. The molecule has 4 heteroatoms. The van der Waals surface area contributed by atoms with Crippen LogP contribution < -0.4 is 0 Å². The van der Waals surface area contributed by atoms with Gasteiger partial charge in [-0.3, -0.25) is 4.79 Å². The predicted octanol–water partition coefficient (Wildman–Crippen LogP) is 4.01. The molecule has 0 spiro atoms. The first-order valence-corrected chi connectivity index (χ1v) is 6.67. The summed E-state index contributed by atoms with van der Waals surface area (Å²) in [5.41, 5.74) is 0.414. The fourth-order valence-electron chi connectivity index (χ4n) is 1.22. The average Bonchev–Trinajstić information content (AvgIpc) is 2.25. The Bertz CT molecular complexity index is 341. The summed E-state index contributed by atoms with van der Waals surface area (Å²) in [7, 11) is 0. The zero-order valence-corrected chi connectivity index (χ0v) is 11.2. The largest absolute Gasteiger partial charge is 0.298 e. The van der Waals surface area contributed by atoms with Crippen molar-refractivity contribution in [1.82, 2.24) is 0 Å². The molecule has 0 bridgehead atoms. The number of carbonyl (C=O) groups is 1. The summed E-state index contributed by atoms with van der Waals surface area (Å²) in [6.45, 7) is 0. The van der Waals surface area contributed by atoms with Gasteiger partial charge >= 0.3 is 0 Å². The van der Waals surface area contributed by atoms with Gasteiger partial charge in [0.2, 0.25) is 0 Å². The Balaban J connectivity index is 2.72. The van der Waals surface area contributed by atoms with Crippen molar-refractivity contribution < 1.29 is 9.18 Å². The Labute approximate surface area is 105 Å². The average molecular weight is 338 g/mol. The SMILES string of the molecule is O=C(CCCBr)C(Br)c1ccccc1F. The maximum atomic E-state index is 13.3. The molecule has 0 saturated carbocycles. The predicted molar refractivity (Wildman–Crippen MR) is 66.1 cm³/mol. The number of benzene rings is 1. The number of alkyl halides is 2. The van der Waals surface area contributed by atoms with E-state index in [4.69, 9.17) is 0 Å². The lowest BCUT2D eigenvalue weighted by Crippen LogP contribution is -2.08. The molecule has 1 unspecified atom stereocenters. The van der Waals surface area contributed by atoms with E-state index in [0.717, 1.165) is 11.8 Å². The molecule has 0 saturated heterocycles. The first-order chi connectivity index (χ1) is 7.16. The van der Waals surface area contributed by atoms with Gasteiger partial charge in [-0.25, -0.2) is 4.39 Å². The van der Waals surface area contributed by atoms with Crippen molar-refractivity contribution >= 4 is 37.6 Å². The molecule has 1 rings (SSSR count). The molecule has 1 nitrogen and oxygen atoms in total. The second kappa shape index (κ2) is 6.38. The molecule has 1 atom stereocenters. The fraction of sp³-hybridized carbons (Fsp3) is 0.364. The number of carbonyl (C=O) groups excluding carboxylic acids is 1. The van der Waals surface area contributed by atoms with Gasteiger partial charge in [0.05, 0.1) is 0 Å². The fourth-order valence-corrected chi connectivity index (χ4v) is 2.10. The van der Waals surface area contributed by atoms with Crippen LogP contribution in [0.4, 0.5) is 4.39 Å². The molecule has 0 heterocycles. The Morgan fingerprint density at radius 3 is 2.67 bits per heavy atom. The van der Waals surface area contributed by atoms with E-state index in [9.17, 15) is 9.18 Å². The zero-order valence-electron chi connectivity index (χ0n) is 8.05. The van der Waals surface area contributed by atoms with Gasteiger partial charge in [-0.1, -0.05) is 50.1 Å². The third-order valence-electron chi connectivity index (χ3n) is 2.02. The molecular weight excluding hydrogens is 327 g/mol. The van der Waals surface area contributed by atoms with E-state index >= 15 is 0 Å². The lowest BCUT2D eigenvalue weighted by molar-refractivity contribution is -0.118. The smallest absolute Gasteiger partial charge is 0.151 e.